The van der Waals surface area contributed by atoms with E-state index in [2.05, 4.69) is 19.2 Å². The highest BCUT2D eigenvalue weighted by molar-refractivity contribution is 4.78. The summed E-state index contributed by atoms with van der Waals surface area (Å²) in [5, 5.41) is 3.43. The number of rotatable bonds is 4. The molecule has 1 aliphatic rings. The quantitative estimate of drug-likeness (QED) is 0.713. The summed E-state index contributed by atoms with van der Waals surface area (Å²) in [5.74, 6) is 0.409. The molecule has 2 heteroatoms. The maximum absolute atomic E-state index is 12.6. The van der Waals surface area contributed by atoms with Gasteiger partial charge in [0.2, 0.25) is 0 Å². The van der Waals surface area contributed by atoms with E-state index >= 15 is 0 Å². The van der Waals surface area contributed by atoms with Crippen molar-refractivity contribution < 1.29 is 4.39 Å². The number of hydrogen-bond acceptors (Lipinski definition) is 1. The molecule has 0 heterocycles. The maximum Gasteiger partial charge on any atom is 0.105 e. The van der Waals surface area contributed by atoms with Gasteiger partial charge in [0.15, 0.2) is 0 Å². The first kappa shape index (κ1) is 11.0. The van der Waals surface area contributed by atoms with Gasteiger partial charge in [-0.25, -0.2) is 4.39 Å². The Morgan fingerprint density at radius 2 is 1.85 bits per heavy atom. The van der Waals surface area contributed by atoms with E-state index in [-0.39, 0.29) is 12.7 Å². The van der Waals surface area contributed by atoms with Crippen molar-refractivity contribution >= 4 is 0 Å². The third-order valence-corrected chi connectivity index (χ3v) is 3.03. The van der Waals surface area contributed by atoms with E-state index < -0.39 is 0 Å². The second-order valence-electron chi connectivity index (χ2n) is 4.51. The molecule has 1 atom stereocenters. The van der Waals surface area contributed by atoms with Crippen molar-refractivity contribution in [2.45, 2.75) is 58.0 Å². The highest BCUT2D eigenvalue weighted by Crippen LogP contribution is 2.18. The summed E-state index contributed by atoms with van der Waals surface area (Å²) < 4.78 is 12.6. The van der Waals surface area contributed by atoms with Gasteiger partial charge in [-0.2, -0.15) is 0 Å². The largest absolute Gasteiger partial charge is 0.308 e. The molecule has 1 unspecified atom stereocenters. The number of nitrogens with one attached hydrogen (secondary N) is 1. The molecule has 1 saturated carbocycles. The first-order chi connectivity index (χ1) is 6.24. The summed E-state index contributed by atoms with van der Waals surface area (Å²) in [5.41, 5.74) is 0. The predicted molar refractivity (Wildman–Crippen MR) is 54.6 cm³/mol. The Morgan fingerprint density at radius 1 is 1.23 bits per heavy atom. The lowest BCUT2D eigenvalue weighted by atomic mass is 9.93. The molecule has 0 aromatic rings. The molecule has 0 radical (unpaired) electrons. The highest BCUT2D eigenvalue weighted by Gasteiger charge is 2.19. The smallest absolute Gasteiger partial charge is 0.105 e. The van der Waals surface area contributed by atoms with Crippen LogP contribution in [0.25, 0.3) is 0 Å². The van der Waals surface area contributed by atoms with Crippen molar-refractivity contribution in [1.82, 2.24) is 5.32 Å². The van der Waals surface area contributed by atoms with Crippen LogP contribution in [0.5, 0.6) is 0 Å². The molecule has 1 nitrogen and oxygen atoms in total. The van der Waals surface area contributed by atoms with Crippen LogP contribution in [-0.4, -0.2) is 18.8 Å². The van der Waals surface area contributed by atoms with Gasteiger partial charge in [0.05, 0.1) is 0 Å². The Kier molecular flexibility index (Phi) is 4.71. The van der Waals surface area contributed by atoms with Gasteiger partial charge in [-0.15, -0.1) is 0 Å². The van der Waals surface area contributed by atoms with E-state index in [1.807, 2.05) is 0 Å². The van der Waals surface area contributed by atoms with Gasteiger partial charge in [-0.05, 0) is 18.8 Å². The van der Waals surface area contributed by atoms with Crippen LogP contribution in [-0.2, 0) is 0 Å². The topological polar surface area (TPSA) is 12.0 Å². The molecule has 0 spiro atoms. The van der Waals surface area contributed by atoms with Gasteiger partial charge in [0.1, 0.15) is 6.67 Å². The van der Waals surface area contributed by atoms with Crippen LogP contribution in [0, 0.1) is 5.92 Å². The van der Waals surface area contributed by atoms with Crippen LogP contribution >= 0.6 is 0 Å². The standard InChI is InChI=1S/C11H22FN/c1-9(2)11(8-12)13-10-6-4-3-5-7-10/h9-11,13H,3-8H2,1-2H3. The van der Waals surface area contributed by atoms with Crippen molar-refractivity contribution in [2.75, 3.05) is 6.67 Å². The first-order valence-corrected chi connectivity index (χ1v) is 5.56. The Balaban J connectivity index is 2.27. The van der Waals surface area contributed by atoms with Gasteiger partial charge in [0.25, 0.3) is 0 Å². The average molecular weight is 187 g/mol. The van der Waals surface area contributed by atoms with E-state index in [4.69, 9.17) is 0 Å². The lowest BCUT2D eigenvalue weighted by Crippen LogP contribution is -2.43. The summed E-state index contributed by atoms with van der Waals surface area (Å²) >= 11 is 0. The Morgan fingerprint density at radius 3 is 2.31 bits per heavy atom. The predicted octanol–water partition coefficient (Wildman–Crippen LogP) is 2.90. The molecule has 0 aromatic carbocycles. The third kappa shape index (κ3) is 3.63. The number of alkyl halides is 1. The van der Waals surface area contributed by atoms with E-state index in [1.165, 1.54) is 32.1 Å². The van der Waals surface area contributed by atoms with E-state index in [0.29, 0.717) is 12.0 Å². The summed E-state index contributed by atoms with van der Waals surface area (Å²) in [6.45, 7) is 3.94. The van der Waals surface area contributed by atoms with Crippen LogP contribution < -0.4 is 5.32 Å². The summed E-state index contributed by atoms with van der Waals surface area (Å²) in [4.78, 5) is 0. The van der Waals surface area contributed by atoms with Crippen molar-refractivity contribution in [3.05, 3.63) is 0 Å². The minimum absolute atomic E-state index is 0.0723. The zero-order chi connectivity index (χ0) is 9.68. The molecular formula is C11H22FN. The number of halogens is 1. The highest BCUT2D eigenvalue weighted by atomic mass is 19.1. The Hall–Kier alpha value is -0.110. The molecule has 0 saturated heterocycles. The lowest BCUT2D eigenvalue weighted by Gasteiger charge is -2.29. The third-order valence-electron chi connectivity index (χ3n) is 3.03. The van der Waals surface area contributed by atoms with Crippen molar-refractivity contribution in [3.63, 3.8) is 0 Å². The average Bonchev–Trinajstić information content (AvgIpc) is 2.15. The zero-order valence-corrected chi connectivity index (χ0v) is 8.85. The van der Waals surface area contributed by atoms with Crippen LogP contribution in [0.4, 0.5) is 4.39 Å². The molecule has 1 rings (SSSR count). The van der Waals surface area contributed by atoms with Gasteiger partial charge >= 0.3 is 0 Å². The van der Waals surface area contributed by atoms with Crippen LogP contribution in [0.3, 0.4) is 0 Å². The zero-order valence-electron chi connectivity index (χ0n) is 8.85. The Bertz CT molecular complexity index is 130. The first-order valence-electron chi connectivity index (χ1n) is 5.56. The molecule has 0 aromatic heterocycles. The molecule has 1 fully saturated rings. The van der Waals surface area contributed by atoms with Gasteiger partial charge in [-0.3, -0.25) is 0 Å². The van der Waals surface area contributed by atoms with Crippen LogP contribution in [0.2, 0.25) is 0 Å². The molecule has 1 aliphatic carbocycles. The van der Waals surface area contributed by atoms with Crippen molar-refractivity contribution in [1.29, 1.82) is 0 Å². The van der Waals surface area contributed by atoms with E-state index in [1.54, 1.807) is 0 Å². The fourth-order valence-electron chi connectivity index (χ4n) is 1.99. The fraction of sp³-hybridized carbons (Fsp3) is 1.00. The van der Waals surface area contributed by atoms with Crippen LogP contribution in [0.15, 0.2) is 0 Å². The minimum atomic E-state index is -0.228. The van der Waals surface area contributed by atoms with E-state index in [0.717, 1.165) is 0 Å². The maximum atomic E-state index is 12.6. The summed E-state index contributed by atoms with van der Waals surface area (Å²) in [7, 11) is 0. The Labute approximate surface area is 81.1 Å². The summed E-state index contributed by atoms with van der Waals surface area (Å²) in [6.07, 6.45) is 6.47. The monoisotopic (exact) mass is 187 g/mol. The number of hydrogen-bond donors (Lipinski definition) is 1. The second kappa shape index (κ2) is 5.58. The molecular weight excluding hydrogens is 165 g/mol. The SMILES string of the molecule is CC(C)C(CF)NC1CCCCC1. The molecule has 1 N–H and O–H groups in total. The summed E-state index contributed by atoms with van der Waals surface area (Å²) in [6, 6.07) is 0.653. The van der Waals surface area contributed by atoms with E-state index in [9.17, 15) is 4.39 Å². The molecule has 0 aliphatic heterocycles. The fourth-order valence-corrected chi connectivity index (χ4v) is 1.99. The van der Waals surface area contributed by atoms with Crippen molar-refractivity contribution in [2.24, 2.45) is 5.92 Å². The van der Waals surface area contributed by atoms with Crippen LogP contribution in [0.1, 0.15) is 46.0 Å². The molecule has 0 bridgehead atoms. The van der Waals surface area contributed by atoms with Gasteiger partial charge in [-0.1, -0.05) is 33.1 Å². The van der Waals surface area contributed by atoms with Gasteiger partial charge in [0, 0.05) is 12.1 Å². The second-order valence-corrected chi connectivity index (χ2v) is 4.51. The molecule has 78 valence electrons. The lowest BCUT2D eigenvalue weighted by molar-refractivity contribution is 0.255. The van der Waals surface area contributed by atoms with Gasteiger partial charge < -0.3 is 5.32 Å². The molecule has 0 amide bonds. The van der Waals surface area contributed by atoms with Crippen molar-refractivity contribution in [3.8, 4) is 0 Å². The molecule has 13 heavy (non-hydrogen) atoms. The minimum Gasteiger partial charge on any atom is -0.308 e. The normalized spacial score (nSPS) is 22.2.